The van der Waals surface area contributed by atoms with E-state index in [9.17, 15) is 4.79 Å². The zero-order valence-corrected chi connectivity index (χ0v) is 18.6. The number of carbonyl (C=O) groups is 1. The Bertz CT molecular complexity index is 1280. The summed E-state index contributed by atoms with van der Waals surface area (Å²) in [6, 6.07) is 22.1. The molecule has 4 rings (SSSR count). The van der Waals surface area contributed by atoms with Crippen molar-refractivity contribution in [2.75, 3.05) is 6.61 Å². The predicted octanol–water partition coefficient (Wildman–Crippen LogP) is 6.52. The first kappa shape index (κ1) is 21.4. The molecule has 0 saturated carbocycles. The third-order valence-corrected chi connectivity index (χ3v) is 5.34. The number of fused-ring (bicyclic) bond motifs is 1. The van der Waals surface area contributed by atoms with Gasteiger partial charge in [-0.25, -0.2) is 4.79 Å². The Kier molecular flexibility index (Phi) is 6.41. The van der Waals surface area contributed by atoms with E-state index in [-0.39, 0.29) is 5.97 Å². The maximum Gasteiger partial charge on any atom is 0.340 e. The average molecular weight is 423 g/mol. The summed E-state index contributed by atoms with van der Waals surface area (Å²) in [5.41, 5.74) is 6.28. The molecule has 32 heavy (non-hydrogen) atoms. The Morgan fingerprint density at radius 2 is 1.81 bits per heavy atom. The highest BCUT2D eigenvalue weighted by Crippen LogP contribution is 2.32. The van der Waals surface area contributed by atoms with Crippen molar-refractivity contribution in [1.82, 2.24) is 9.97 Å². The maximum atomic E-state index is 12.7. The minimum absolute atomic E-state index is 0.308. The van der Waals surface area contributed by atoms with Crippen LogP contribution in [0.15, 0.2) is 79.1 Å². The molecule has 2 heterocycles. The summed E-state index contributed by atoms with van der Waals surface area (Å²) in [6.07, 6.45) is 5.34. The van der Waals surface area contributed by atoms with Gasteiger partial charge in [0.2, 0.25) is 0 Å². The van der Waals surface area contributed by atoms with E-state index in [1.807, 2.05) is 48.7 Å². The fourth-order valence-corrected chi connectivity index (χ4v) is 3.70. The highest BCUT2D eigenvalue weighted by Gasteiger charge is 2.15. The fraction of sp³-hybridized carbons (Fsp3) is 0.179. The third-order valence-electron chi connectivity index (χ3n) is 5.34. The van der Waals surface area contributed by atoms with Crippen LogP contribution in [-0.2, 0) is 9.53 Å². The first-order valence-electron chi connectivity index (χ1n) is 10.9. The zero-order chi connectivity index (χ0) is 22.5. The minimum Gasteiger partial charge on any atom is -0.462 e. The van der Waals surface area contributed by atoms with Crippen LogP contribution in [0.25, 0.3) is 33.7 Å². The van der Waals surface area contributed by atoms with Crippen LogP contribution in [0.2, 0.25) is 0 Å². The summed E-state index contributed by atoms with van der Waals surface area (Å²) < 4.78 is 5.29. The van der Waals surface area contributed by atoms with Crippen LogP contribution in [0.5, 0.6) is 0 Å². The number of hydrogen-bond donors (Lipinski definition) is 0. The van der Waals surface area contributed by atoms with Gasteiger partial charge in [0.15, 0.2) is 0 Å². The van der Waals surface area contributed by atoms with Crippen LogP contribution in [0, 0.1) is 0 Å². The van der Waals surface area contributed by atoms with Crippen molar-refractivity contribution in [3.05, 3.63) is 95.9 Å². The second-order valence-corrected chi connectivity index (χ2v) is 7.92. The van der Waals surface area contributed by atoms with Crippen molar-refractivity contribution in [3.8, 4) is 11.1 Å². The molecule has 0 radical (unpaired) electrons. The lowest BCUT2D eigenvalue weighted by Gasteiger charge is -2.13. The largest absolute Gasteiger partial charge is 0.462 e. The first-order chi connectivity index (χ1) is 15.6. The van der Waals surface area contributed by atoms with Crippen LogP contribution >= 0.6 is 0 Å². The van der Waals surface area contributed by atoms with Crippen LogP contribution in [0.4, 0.5) is 0 Å². The molecule has 4 aromatic rings. The second kappa shape index (κ2) is 9.56. The van der Waals surface area contributed by atoms with Gasteiger partial charge in [-0.3, -0.25) is 9.97 Å². The van der Waals surface area contributed by atoms with Gasteiger partial charge in [0.25, 0.3) is 0 Å². The van der Waals surface area contributed by atoms with Gasteiger partial charge in [0, 0.05) is 23.3 Å². The van der Waals surface area contributed by atoms with Crippen molar-refractivity contribution >= 4 is 28.5 Å². The van der Waals surface area contributed by atoms with Gasteiger partial charge in [-0.1, -0.05) is 44.2 Å². The molecule has 0 saturated heterocycles. The van der Waals surface area contributed by atoms with Crippen molar-refractivity contribution < 1.29 is 9.53 Å². The lowest BCUT2D eigenvalue weighted by Crippen LogP contribution is -2.07. The molecular weight excluding hydrogens is 396 g/mol. The number of hydrogen-bond acceptors (Lipinski definition) is 4. The summed E-state index contributed by atoms with van der Waals surface area (Å²) in [7, 11) is 0. The molecule has 4 heteroatoms. The molecule has 0 aliphatic heterocycles. The smallest absolute Gasteiger partial charge is 0.340 e. The number of pyridine rings is 2. The van der Waals surface area contributed by atoms with E-state index in [0.29, 0.717) is 23.8 Å². The Morgan fingerprint density at radius 1 is 0.969 bits per heavy atom. The normalized spacial score (nSPS) is 11.7. The van der Waals surface area contributed by atoms with Crippen molar-refractivity contribution in [2.24, 2.45) is 0 Å². The molecule has 2 aromatic carbocycles. The predicted molar refractivity (Wildman–Crippen MR) is 130 cm³/mol. The SMILES string of the molecule is CCOC(=O)/C(=C\c1cccc(-c2cc(C(C)C)cc3cccnc23)c1)c1ccccn1. The molecule has 0 aliphatic carbocycles. The number of nitrogens with zero attached hydrogens (tertiary/aromatic N) is 2. The van der Waals surface area contributed by atoms with Crippen molar-refractivity contribution in [1.29, 1.82) is 0 Å². The zero-order valence-electron chi connectivity index (χ0n) is 18.6. The fourth-order valence-electron chi connectivity index (χ4n) is 3.70. The van der Waals surface area contributed by atoms with E-state index in [1.165, 1.54) is 5.56 Å². The van der Waals surface area contributed by atoms with E-state index >= 15 is 0 Å². The van der Waals surface area contributed by atoms with E-state index in [4.69, 9.17) is 4.74 Å². The number of rotatable bonds is 6. The van der Waals surface area contributed by atoms with Gasteiger partial charge in [-0.15, -0.1) is 0 Å². The molecule has 0 atom stereocenters. The van der Waals surface area contributed by atoms with Gasteiger partial charge in [0.05, 0.1) is 23.4 Å². The van der Waals surface area contributed by atoms with Crippen LogP contribution in [-0.4, -0.2) is 22.5 Å². The molecule has 4 nitrogen and oxygen atoms in total. The monoisotopic (exact) mass is 422 g/mol. The van der Waals surface area contributed by atoms with E-state index in [2.05, 4.69) is 54.1 Å². The van der Waals surface area contributed by atoms with Crippen LogP contribution in [0.1, 0.15) is 43.5 Å². The average Bonchev–Trinajstić information content (AvgIpc) is 2.82. The second-order valence-electron chi connectivity index (χ2n) is 7.92. The molecular formula is C28H26N2O2. The summed E-state index contributed by atoms with van der Waals surface area (Å²) >= 11 is 0. The standard InChI is InChI=1S/C28H26N2O2/c1-4-32-28(31)25(26-12-5-6-13-29-26)16-20-9-7-10-21(15-20)24-18-23(19(2)3)17-22-11-8-14-30-27(22)24/h5-19H,4H2,1-3H3/b25-16-. The highest BCUT2D eigenvalue weighted by molar-refractivity contribution is 6.21. The molecule has 0 N–H and O–H groups in total. The maximum absolute atomic E-state index is 12.7. The lowest BCUT2D eigenvalue weighted by molar-refractivity contribution is -0.136. The van der Waals surface area contributed by atoms with Gasteiger partial charge < -0.3 is 4.74 Å². The molecule has 0 spiro atoms. The Labute approximate surface area is 188 Å². The van der Waals surface area contributed by atoms with Crippen molar-refractivity contribution in [2.45, 2.75) is 26.7 Å². The van der Waals surface area contributed by atoms with Gasteiger partial charge in [-0.2, -0.15) is 0 Å². The molecule has 0 unspecified atom stereocenters. The van der Waals surface area contributed by atoms with Crippen LogP contribution < -0.4 is 0 Å². The number of esters is 1. The third kappa shape index (κ3) is 4.59. The quantitative estimate of drug-likeness (QED) is 0.262. The van der Waals surface area contributed by atoms with E-state index in [1.54, 1.807) is 13.1 Å². The van der Waals surface area contributed by atoms with Gasteiger partial charge >= 0.3 is 5.97 Å². The molecule has 160 valence electrons. The number of benzene rings is 2. The Balaban J connectivity index is 1.84. The lowest BCUT2D eigenvalue weighted by atomic mass is 9.93. The Morgan fingerprint density at radius 3 is 2.56 bits per heavy atom. The summed E-state index contributed by atoms with van der Waals surface area (Å²) in [6.45, 7) is 6.50. The molecule has 2 aromatic heterocycles. The van der Waals surface area contributed by atoms with Crippen LogP contribution in [0.3, 0.4) is 0 Å². The Hall–Kier alpha value is -3.79. The molecule has 0 aliphatic rings. The number of ether oxygens (including phenoxy) is 1. The van der Waals surface area contributed by atoms with E-state index in [0.717, 1.165) is 27.6 Å². The molecule has 0 fully saturated rings. The van der Waals surface area contributed by atoms with E-state index < -0.39 is 0 Å². The number of aromatic nitrogens is 2. The molecule has 0 amide bonds. The topological polar surface area (TPSA) is 52.1 Å². The first-order valence-corrected chi connectivity index (χ1v) is 10.9. The minimum atomic E-state index is -0.384. The summed E-state index contributed by atoms with van der Waals surface area (Å²) in [5.74, 6) is 0.0199. The summed E-state index contributed by atoms with van der Waals surface area (Å²) in [4.78, 5) is 21.7. The van der Waals surface area contributed by atoms with Gasteiger partial charge in [-0.05, 0) is 72.0 Å². The molecule has 0 bridgehead atoms. The number of carbonyl (C=O) groups excluding carboxylic acids is 1. The summed E-state index contributed by atoms with van der Waals surface area (Å²) in [5, 5.41) is 1.12. The highest BCUT2D eigenvalue weighted by atomic mass is 16.5. The van der Waals surface area contributed by atoms with Gasteiger partial charge in [0.1, 0.15) is 0 Å². The van der Waals surface area contributed by atoms with Crippen molar-refractivity contribution in [3.63, 3.8) is 0 Å².